The van der Waals surface area contributed by atoms with E-state index in [2.05, 4.69) is 133 Å². The molecule has 2 aliphatic heterocycles. The van der Waals surface area contributed by atoms with Crippen molar-refractivity contribution in [3.8, 4) is 45.6 Å². The van der Waals surface area contributed by atoms with Crippen molar-refractivity contribution in [3.63, 3.8) is 0 Å². The SMILES string of the molecule is CN(C)c1cccc(Sc2cc3c(cc2Sc2cccc(N(C)C)c2)-c2nc-3nc3nc(nc4[nH]c(nc5[nH]c(n2)c2ccccc52)c2ccccc42)-c2ccccc2-3)c1. The first-order chi connectivity index (χ1) is 29.3. The molecule has 0 unspecified atom stereocenters. The molecule has 60 heavy (non-hydrogen) atoms. The second kappa shape index (κ2) is 14.4. The Kier molecular flexibility index (Phi) is 8.64. The lowest BCUT2D eigenvalue weighted by Gasteiger charge is -2.16. The monoisotopic (exact) mass is 816 g/mol. The van der Waals surface area contributed by atoms with Crippen LogP contribution < -0.4 is 9.80 Å². The molecular formula is C48H36N10S2. The van der Waals surface area contributed by atoms with Gasteiger partial charge in [0.15, 0.2) is 23.3 Å². The van der Waals surface area contributed by atoms with Gasteiger partial charge in [-0.2, -0.15) is 0 Å². The molecule has 0 aliphatic carbocycles. The molecule has 0 atom stereocenters. The van der Waals surface area contributed by atoms with Gasteiger partial charge in [-0.05, 0) is 48.5 Å². The van der Waals surface area contributed by atoms with E-state index in [-0.39, 0.29) is 0 Å². The summed E-state index contributed by atoms with van der Waals surface area (Å²) in [5, 5.41) is 3.78. The van der Waals surface area contributed by atoms with E-state index in [4.69, 9.17) is 29.9 Å². The van der Waals surface area contributed by atoms with Crippen LogP contribution >= 0.6 is 23.5 Å². The number of fused-ring (bicyclic) bond motifs is 20. The Morgan fingerprint density at radius 2 is 0.733 bits per heavy atom. The average Bonchev–Trinajstić information content (AvgIpc) is 3.99. The highest BCUT2D eigenvalue weighted by molar-refractivity contribution is 8.02. The second-order valence-corrected chi connectivity index (χ2v) is 17.3. The molecule has 8 bridgehead atoms. The molecule has 10 nitrogen and oxygen atoms in total. The topological polar surface area (TPSA) is 115 Å². The number of anilines is 2. The molecule has 11 rings (SSSR count). The van der Waals surface area contributed by atoms with Crippen LogP contribution in [-0.2, 0) is 0 Å². The Labute approximate surface area is 353 Å². The maximum atomic E-state index is 5.32. The van der Waals surface area contributed by atoms with Crippen LogP contribution in [0.5, 0.6) is 0 Å². The third-order valence-electron chi connectivity index (χ3n) is 10.7. The normalized spacial score (nSPS) is 11.8. The van der Waals surface area contributed by atoms with Gasteiger partial charge in [-0.15, -0.1) is 0 Å². The van der Waals surface area contributed by atoms with Crippen molar-refractivity contribution < 1.29 is 0 Å². The summed E-state index contributed by atoms with van der Waals surface area (Å²) < 4.78 is 0. The van der Waals surface area contributed by atoms with Crippen molar-refractivity contribution in [2.24, 2.45) is 0 Å². The molecule has 5 heterocycles. The molecule has 9 aromatic rings. The molecule has 0 saturated carbocycles. The van der Waals surface area contributed by atoms with Gasteiger partial charge in [-0.25, -0.2) is 29.9 Å². The highest BCUT2D eigenvalue weighted by Gasteiger charge is 2.26. The fourth-order valence-corrected chi connectivity index (χ4v) is 9.79. The number of H-pyrrole nitrogens is 2. The van der Waals surface area contributed by atoms with E-state index in [1.807, 2.05) is 48.5 Å². The van der Waals surface area contributed by atoms with Crippen molar-refractivity contribution in [3.05, 3.63) is 133 Å². The van der Waals surface area contributed by atoms with E-state index in [1.54, 1.807) is 23.5 Å². The Bertz CT molecular complexity index is 3370. The van der Waals surface area contributed by atoms with Crippen molar-refractivity contribution in [1.29, 1.82) is 0 Å². The van der Waals surface area contributed by atoms with Gasteiger partial charge in [0, 0.05) is 103 Å². The summed E-state index contributed by atoms with van der Waals surface area (Å²) in [5.41, 5.74) is 8.52. The van der Waals surface area contributed by atoms with Gasteiger partial charge in [0.25, 0.3) is 0 Å². The van der Waals surface area contributed by atoms with E-state index in [0.29, 0.717) is 45.9 Å². The molecule has 0 amide bonds. The van der Waals surface area contributed by atoms with Crippen molar-refractivity contribution in [2.45, 2.75) is 19.6 Å². The quantitative estimate of drug-likeness (QED) is 0.168. The first-order valence-corrected chi connectivity index (χ1v) is 21.1. The molecule has 0 fully saturated rings. The molecule has 2 N–H and O–H groups in total. The van der Waals surface area contributed by atoms with E-state index in [1.165, 1.54) is 0 Å². The Morgan fingerprint density at radius 3 is 1.17 bits per heavy atom. The van der Waals surface area contributed by atoms with Gasteiger partial charge in [0.05, 0.1) is 0 Å². The third kappa shape index (κ3) is 6.32. The van der Waals surface area contributed by atoms with Crippen molar-refractivity contribution in [1.82, 2.24) is 39.9 Å². The predicted octanol–water partition coefficient (Wildman–Crippen LogP) is 11.3. The highest BCUT2D eigenvalue weighted by atomic mass is 32.2. The smallest absolute Gasteiger partial charge is 0.164 e. The second-order valence-electron chi connectivity index (χ2n) is 15.1. The van der Waals surface area contributed by atoms with Crippen molar-refractivity contribution >= 4 is 79.0 Å². The van der Waals surface area contributed by atoms with Crippen LogP contribution in [0.25, 0.3) is 89.7 Å². The number of hydrogen-bond acceptors (Lipinski definition) is 10. The van der Waals surface area contributed by atoms with Crippen LogP contribution in [0.3, 0.4) is 0 Å². The number of aromatic amines is 2. The molecule has 6 aromatic carbocycles. The zero-order chi connectivity index (χ0) is 40.5. The average molecular weight is 817 g/mol. The first kappa shape index (κ1) is 36.1. The highest BCUT2D eigenvalue weighted by Crippen LogP contribution is 2.47. The fraction of sp³-hybridized carbons (Fsp3) is 0.0833. The number of rotatable bonds is 6. The van der Waals surface area contributed by atoms with Gasteiger partial charge >= 0.3 is 0 Å². The standard InChI is InChI=1S/C48H36N10S2/c1-57(2)27-13-11-15-29(23-27)59-39-25-37-38(26-40(39)60-30-16-12-14-28(24-30)58(3)4)48-55-46-36-22-10-8-20-34(36)44(53-46)51-42-32-18-6-5-17-31(32)41(49-42)50-43-33-19-7-9-21-35(33)45(52-43)54-47(37)56-48/h5-26H,1-4H3,(H2,49,50,51,52,53,54,55,56). The molecule has 0 saturated heterocycles. The lowest BCUT2D eigenvalue weighted by Crippen LogP contribution is -2.08. The molecular weight excluding hydrogens is 781 g/mol. The van der Waals surface area contributed by atoms with Crippen LogP contribution in [0.1, 0.15) is 0 Å². The lowest BCUT2D eigenvalue weighted by atomic mass is 10.1. The lowest BCUT2D eigenvalue weighted by molar-refractivity contribution is 1.12. The van der Waals surface area contributed by atoms with E-state index in [9.17, 15) is 0 Å². The first-order valence-electron chi connectivity index (χ1n) is 19.5. The maximum absolute atomic E-state index is 5.32. The summed E-state index contributed by atoms with van der Waals surface area (Å²) in [5.74, 6) is 2.20. The zero-order valence-corrected chi connectivity index (χ0v) is 34.7. The number of nitrogens with zero attached hydrogens (tertiary/aromatic N) is 8. The van der Waals surface area contributed by atoms with Gasteiger partial charge in [0.1, 0.15) is 22.6 Å². The minimum Gasteiger partial charge on any atom is -0.378 e. The van der Waals surface area contributed by atoms with E-state index < -0.39 is 0 Å². The molecule has 12 heteroatoms. The summed E-state index contributed by atoms with van der Waals surface area (Å²) in [4.78, 5) is 47.0. The van der Waals surface area contributed by atoms with Crippen molar-refractivity contribution in [2.75, 3.05) is 38.0 Å². The molecule has 290 valence electrons. The van der Waals surface area contributed by atoms with Crippen LogP contribution in [0, 0.1) is 0 Å². The van der Waals surface area contributed by atoms with Gasteiger partial charge in [-0.3, -0.25) is 0 Å². The maximum Gasteiger partial charge on any atom is 0.164 e. The van der Waals surface area contributed by atoms with Gasteiger partial charge in [0.2, 0.25) is 0 Å². The van der Waals surface area contributed by atoms with Gasteiger partial charge < -0.3 is 19.8 Å². The summed E-state index contributed by atoms with van der Waals surface area (Å²) in [6.45, 7) is 0. The minimum absolute atomic E-state index is 0.536. The number of benzene rings is 6. The minimum atomic E-state index is 0.536. The van der Waals surface area contributed by atoms with E-state index >= 15 is 0 Å². The number of aromatic nitrogens is 8. The Balaban J connectivity index is 1.21. The largest absolute Gasteiger partial charge is 0.378 e. The van der Waals surface area contributed by atoms with E-state index in [0.717, 1.165) is 74.8 Å². The summed E-state index contributed by atoms with van der Waals surface area (Å²) >= 11 is 3.46. The van der Waals surface area contributed by atoms with Crippen LogP contribution in [0.4, 0.5) is 11.4 Å². The van der Waals surface area contributed by atoms with Crippen LogP contribution in [-0.4, -0.2) is 68.1 Å². The Morgan fingerprint density at radius 1 is 0.367 bits per heavy atom. The summed E-state index contributed by atoms with van der Waals surface area (Å²) in [6, 6.07) is 46.1. The Hall–Kier alpha value is -7.02. The molecule has 0 radical (unpaired) electrons. The molecule has 0 spiro atoms. The predicted molar refractivity (Wildman–Crippen MR) is 246 cm³/mol. The summed E-state index contributed by atoms with van der Waals surface area (Å²) in [6.07, 6.45) is 0. The zero-order valence-electron chi connectivity index (χ0n) is 33.1. The fourth-order valence-electron chi connectivity index (χ4n) is 7.71. The summed E-state index contributed by atoms with van der Waals surface area (Å²) in [7, 11) is 8.26. The molecule has 3 aromatic heterocycles. The third-order valence-corrected chi connectivity index (χ3v) is 13.0. The van der Waals surface area contributed by atoms with Crippen LogP contribution in [0.2, 0.25) is 0 Å². The molecule has 2 aliphatic rings. The van der Waals surface area contributed by atoms with Gasteiger partial charge in [-0.1, -0.05) is 108 Å². The number of nitrogens with one attached hydrogen (secondary N) is 2. The van der Waals surface area contributed by atoms with Crippen LogP contribution in [0.15, 0.2) is 153 Å². The number of hydrogen-bond donors (Lipinski definition) is 2.